The van der Waals surface area contributed by atoms with E-state index >= 15 is 0 Å². The molecule has 12 heteroatoms. The summed E-state index contributed by atoms with van der Waals surface area (Å²) in [6, 6.07) is 11.0. The lowest BCUT2D eigenvalue weighted by atomic mass is 10.2. The van der Waals surface area contributed by atoms with Crippen molar-refractivity contribution in [2.45, 2.75) is 13.8 Å². The molecule has 0 bridgehead atoms. The Morgan fingerprint density at radius 3 is 2.37 bits per heavy atom. The number of amides is 1. The molecule has 0 fully saturated rings. The van der Waals surface area contributed by atoms with Crippen LogP contribution in [0.1, 0.15) is 28.7 Å². The second-order valence-electron chi connectivity index (χ2n) is 6.15. The summed E-state index contributed by atoms with van der Waals surface area (Å²) in [6.07, 6.45) is 0. The summed E-state index contributed by atoms with van der Waals surface area (Å²) in [4.78, 5) is 32.8. The van der Waals surface area contributed by atoms with Crippen LogP contribution in [-0.4, -0.2) is 36.5 Å². The molecule has 0 atom stereocenters. The fraction of sp³-hybridized carbons (Fsp3) is 0.111. The monoisotopic (exact) mass is 409 g/mol. The zero-order valence-corrected chi connectivity index (χ0v) is 15.8. The highest BCUT2D eigenvalue weighted by Gasteiger charge is 2.16. The zero-order chi connectivity index (χ0) is 21.8. The van der Waals surface area contributed by atoms with Crippen molar-refractivity contribution < 1.29 is 14.6 Å². The topological polar surface area (TPSA) is 158 Å². The summed E-state index contributed by atoms with van der Waals surface area (Å²) in [6.45, 7) is 3.33. The van der Waals surface area contributed by atoms with E-state index in [4.69, 9.17) is 0 Å². The Balaban J connectivity index is 1.78. The Kier molecular flexibility index (Phi) is 5.58. The molecular formula is C18H15N7O5. The second-order valence-corrected chi connectivity index (χ2v) is 6.15. The van der Waals surface area contributed by atoms with Crippen LogP contribution in [0.5, 0.6) is 0 Å². The predicted octanol–water partition coefficient (Wildman–Crippen LogP) is 2.55. The Labute approximate surface area is 169 Å². The maximum atomic E-state index is 12.2. The molecule has 0 aliphatic rings. The second kappa shape index (κ2) is 8.26. The van der Waals surface area contributed by atoms with Gasteiger partial charge in [0.15, 0.2) is 0 Å². The number of hydrogen-bond donors (Lipinski definition) is 1. The van der Waals surface area contributed by atoms with E-state index < -0.39 is 15.8 Å². The first-order valence-electron chi connectivity index (χ1n) is 8.54. The molecule has 0 unspecified atom stereocenters. The number of carbonyl (C=O) groups excluding carboxylic acids is 1. The zero-order valence-electron chi connectivity index (χ0n) is 15.8. The number of non-ortho nitro benzene ring substituents is 2. The van der Waals surface area contributed by atoms with Gasteiger partial charge in [-0.25, -0.2) is 10.1 Å². The summed E-state index contributed by atoms with van der Waals surface area (Å²) in [5, 5.41) is 33.7. The fourth-order valence-electron chi connectivity index (χ4n) is 2.63. The minimum atomic E-state index is -0.558. The largest absolute Gasteiger partial charge is 0.271 e. The molecule has 1 amide bonds. The normalized spacial score (nSPS) is 11.2. The Morgan fingerprint density at radius 2 is 1.73 bits per heavy atom. The fourth-order valence-corrected chi connectivity index (χ4v) is 2.63. The van der Waals surface area contributed by atoms with E-state index in [0.717, 1.165) is 0 Å². The molecule has 3 aromatic rings. The summed E-state index contributed by atoms with van der Waals surface area (Å²) >= 11 is 0. The molecule has 0 saturated heterocycles. The molecule has 0 aliphatic heterocycles. The van der Waals surface area contributed by atoms with Crippen LogP contribution in [0.4, 0.5) is 11.4 Å². The number of carbonyl (C=O) groups is 1. The van der Waals surface area contributed by atoms with E-state index in [1.54, 1.807) is 26.0 Å². The van der Waals surface area contributed by atoms with E-state index in [1.165, 1.54) is 41.1 Å². The van der Waals surface area contributed by atoms with Gasteiger partial charge < -0.3 is 0 Å². The highest BCUT2D eigenvalue weighted by Crippen LogP contribution is 2.18. The van der Waals surface area contributed by atoms with Gasteiger partial charge in [0.2, 0.25) is 0 Å². The molecule has 1 N–H and O–H groups in total. The van der Waals surface area contributed by atoms with Gasteiger partial charge in [-0.05, 0) is 32.0 Å². The van der Waals surface area contributed by atoms with E-state index in [9.17, 15) is 25.0 Å². The van der Waals surface area contributed by atoms with Gasteiger partial charge in [0.1, 0.15) is 5.69 Å². The van der Waals surface area contributed by atoms with Gasteiger partial charge in [-0.3, -0.25) is 25.0 Å². The van der Waals surface area contributed by atoms with Gasteiger partial charge in [-0.2, -0.15) is 5.10 Å². The first kappa shape index (κ1) is 20.3. The molecule has 1 heterocycles. The quantitative estimate of drug-likeness (QED) is 0.372. The molecule has 30 heavy (non-hydrogen) atoms. The minimum absolute atomic E-state index is 0.0790. The van der Waals surface area contributed by atoms with E-state index in [0.29, 0.717) is 22.8 Å². The predicted molar refractivity (Wildman–Crippen MR) is 106 cm³/mol. The number of nitrogens with one attached hydrogen (secondary N) is 1. The van der Waals surface area contributed by atoms with Gasteiger partial charge in [-0.15, -0.1) is 5.10 Å². The number of hydrogen-bond acceptors (Lipinski definition) is 8. The maximum absolute atomic E-state index is 12.2. The summed E-state index contributed by atoms with van der Waals surface area (Å²) < 4.78 is 1.43. The van der Waals surface area contributed by atoms with Crippen molar-refractivity contribution in [2.24, 2.45) is 5.10 Å². The van der Waals surface area contributed by atoms with Gasteiger partial charge in [0.05, 0.1) is 26.9 Å². The molecule has 0 aliphatic carbocycles. The van der Waals surface area contributed by atoms with Crippen molar-refractivity contribution in [3.05, 3.63) is 85.7 Å². The molecule has 3 rings (SSSR count). The number of nitro groups is 2. The lowest BCUT2D eigenvalue weighted by Gasteiger charge is -2.04. The van der Waals surface area contributed by atoms with Gasteiger partial charge in [0.25, 0.3) is 17.3 Å². The van der Waals surface area contributed by atoms with Crippen molar-refractivity contribution in [2.75, 3.05) is 0 Å². The smallest absolute Gasteiger partial charge is 0.267 e. The van der Waals surface area contributed by atoms with Crippen molar-refractivity contribution in [1.29, 1.82) is 0 Å². The Bertz CT molecular complexity index is 1170. The third kappa shape index (κ3) is 4.16. The number of nitrogens with zero attached hydrogens (tertiary/aromatic N) is 6. The Morgan fingerprint density at radius 1 is 1.07 bits per heavy atom. The van der Waals surface area contributed by atoms with Crippen molar-refractivity contribution in [3.63, 3.8) is 0 Å². The molecule has 0 radical (unpaired) electrons. The van der Waals surface area contributed by atoms with Crippen molar-refractivity contribution in [1.82, 2.24) is 20.4 Å². The van der Waals surface area contributed by atoms with Crippen LogP contribution in [0, 0.1) is 27.2 Å². The van der Waals surface area contributed by atoms with Crippen LogP contribution in [0.3, 0.4) is 0 Å². The molecule has 12 nitrogen and oxygen atoms in total. The molecule has 2 aromatic carbocycles. The molecule has 0 saturated carbocycles. The first-order valence-corrected chi connectivity index (χ1v) is 8.54. The number of nitro benzene ring substituents is 2. The van der Waals surface area contributed by atoms with E-state index in [1.807, 2.05) is 0 Å². The van der Waals surface area contributed by atoms with Gasteiger partial charge >= 0.3 is 0 Å². The standard InChI is InChI=1S/C18H15N7O5/c1-11(19-21-18(26)13-6-8-14(9-7-13)24(27)28)17-12(2)23(22-20-17)15-4-3-5-16(10-15)25(29)30/h3-10H,1-2H3,(H,21,26)/b19-11-. The molecule has 152 valence electrons. The third-order valence-electron chi connectivity index (χ3n) is 4.19. The highest BCUT2D eigenvalue weighted by molar-refractivity contribution is 6.00. The highest BCUT2D eigenvalue weighted by atomic mass is 16.6. The summed E-state index contributed by atoms with van der Waals surface area (Å²) in [5.41, 5.74) is 4.14. The molecular weight excluding hydrogens is 394 g/mol. The minimum Gasteiger partial charge on any atom is -0.267 e. The average Bonchev–Trinajstić information content (AvgIpc) is 3.13. The lowest BCUT2D eigenvalue weighted by Crippen LogP contribution is -2.19. The number of hydrazone groups is 1. The number of aromatic nitrogens is 3. The van der Waals surface area contributed by atoms with Crippen LogP contribution < -0.4 is 5.43 Å². The number of rotatable bonds is 6. The van der Waals surface area contributed by atoms with Crippen molar-refractivity contribution in [3.8, 4) is 5.69 Å². The lowest BCUT2D eigenvalue weighted by molar-refractivity contribution is -0.385. The SMILES string of the molecule is C/C(=N/NC(=O)c1ccc([N+](=O)[O-])cc1)c1nnn(-c2cccc([N+](=O)[O-])c2)c1C. The van der Waals surface area contributed by atoms with Gasteiger partial charge in [0, 0.05) is 29.8 Å². The van der Waals surface area contributed by atoms with Crippen molar-refractivity contribution >= 4 is 23.0 Å². The van der Waals surface area contributed by atoms with E-state index in [2.05, 4.69) is 20.8 Å². The molecule has 0 spiro atoms. The molecule has 1 aromatic heterocycles. The number of benzene rings is 2. The van der Waals surface area contributed by atoms with Crippen LogP contribution in [-0.2, 0) is 0 Å². The Hall–Kier alpha value is -4.48. The summed E-state index contributed by atoms with van der Waals surface area (Å²) in [5.74, 6) is -0.548. The average molecular weight is 409 g/mol. The van der Waals surface area contributed by atoms with Crippen LogP contribution in [0.25, 0.3) is 5.69 Å². The summed E-state index contributed by atoms with van der Waals surface area (Å²) in [7, 11) is 0. The maximum Gasteiger partial charge on any atom is 0.271 e. The first-order chi connectivity index (χ1) is 14.3. The van der Waals surface area contributed by atoms with Crippen LogP contribution in [0.2, 0.25) is 0 Å². The van der Waals surface area contributed by atoms with Gasteiger partial charge in [-0.1, -0.05) is 11.3 Å². The van der Waals surface area contributed by atoms with E-state index in [-0.39, 0.29) is 16.9 Å². The van der Waals surface area contributed by atoms with Crippen LogP contribution >= 0.6 is 0 Å². The third-order valence-corrected chi connectivity index (χ3v) is 4.19. The van der Waals surface area contributed by atoms with Crippen LogP contribution in [0.15, 0.2) is 53.6 Å².